The normalized spacial score (nSPS) is 10.5. The fourth-order valence-electron chi connectivity index (χ4n) is 1.96. The number of carbonyl (C=O) groups excluding carboxylic acids is 3. The van der Waals surface area contributed by atoms with Gasteiger partial charge in [0.15, 0.2) is 5.65 Å². The van der Waals surface area contributed by atoms with Gasteiger partial charge in [-0.2, -0.15) is 0 Å². The molecule has 0 unspecified atom stereocenters. The van der Waals surface area contributed by atoms with E-state index >= 15 is 0 Å². The highest BCUT2D eigenvalue weighted by Crippen LogP contribution is 2.09. The number of carboxylic acid groups (broad SMARTS) is 1. The number of rotatable bonds is 2. The van der Waals surface area contributed by atoms with Crippen LogP contribution >= 0.6 is 0 Å². The zero-order valence-electron chi connectivity index (χ0n) is 11.7. The van der Waals surface area contributed by atoms with E-state index in [-0.39, 0.29) is 16.8 Å². The lowest BCUT2D eigenvalue weighted by Gasteiger charge is -2.07. The zero-order chi connectivity index (χ0) is 16.4. The van der Waals surface area contributed by atoms with Crippen LogP contribution in [0.4, 0.5) is 0 Å². The molecule has 2 aromatic rings. The predicted octanol–water partition coefficient (Wildman–Crippen LogP) is -2.60. The van der Waals surface area contributed by atoms with Crippen LogP contribution in [0.1, 0.15) is 28.5 Å². The van der Waals surface area contributed by atoms with E-state index in [2.05, 4.69) is 10.1 Å². The summed E-state index contributed by atoms with van der Waals surface area (Å²) >= 11 is 0. The second-order valence-electron chi connectivity index (χ2n) is 4.38. The summed E-state index contributed by atoms with van der Waals surface area (Å²) in [7, 11) is 0. The molecule has 0 fully saturated rings. The molecule has 2 heterocycles. The molecule has 0 bridgehead atoms. The van der Waals surface area contributed by atoms with Crippen LogP contribution in [-0.2, 0) is 16.0 Å². The van der Waals surface area contributed by atoms with Crippen LogP contribution < -0.4 is 21.5 Å². The first kappa shape index (κ1) is 15.2. The van der Waals surface area contributed by atoms with Gasteiger partial charge in [-0.05, 0) is 13.3 Å². The van der Waals surface area contributed by atoms with Crippen molar-refractivity contribution in [3.8, 4) is 0 Å². The van der Waals surface area contributed by atoms with E-state index in [4.69, 9.17) is 0 Å². The van der Waals surface area contributed by atoms with E-state index in [1.165, 1.54) is 6.20 Å². The maximum absolute atomic E-state index is 12.2. The number of aromatic nitrogens is 3. The summed E-state index contributed by atoms with van der Waals surface area (Å²) in [6.45, 7) is 3.45. The minimum atomic E-state index is -1.99. The molecule has 116 valence electrons. The Bertz CT molecular complexity index is 834. The van der Waals surface area contributed by atoms with Crippen molar-refractivity contribution in [3.63, 3.8) is 0 Å². The molecule has 0 aliphatic rings. The number of carbonyl (C=O) groups is 3. The van der Waals surface area contributed by atoms with Crippen LogP contribution in [-0.4, -0.2) is 32.4 Å². The standard InChI is InChI=1S/C12H13N5O5/c1-3-6-5(2)14-8-7(4-13-17(8)11(6)20)9(18)15-16-10(19)12(21)22/h4,13H,3H2,1-2H3,(H,15,18)(H,16,19)(H,21,22)/p-1. The highest BCUT2D eigenvalue weighted by molar-refractivity contribution is 6.30. The number of carboxylic acids is 1. The van der Waals surface area contributed by atoms with Crippen molar-refractivity contribution in [2.45, 2.75) is 20.3 Å². The summed E-state index contributed by atoms with van der Waals surface area (Å²) < 4.78 is 1.10. The van der Waals surface area contributed by atoms with Gasteiger partial charge in [0.2, 0.25) is 0 Å². The number of nitrogens with zero attached hydrogens (tertiary/aromatic N) is 2. The maximum Gasteiger partial charge on any atom is 0.285 e. The fraction of sp³-hybridized carbons (Fsp3) is 0.250. The predicted molar refractivity (Wildman–Crippen MR) is 70.5 cm³/mol. The number of fused-ring (bicyclic) bond motifs is 1. The largest absolute Gasteiger partial charge is 0.540 e. The molecule has 22 heavy (non-hydrogen) atoms. The molecule has 2 amide bonds. The molecule has 0 atom stereocenters. The molecule has 0 saturated carbocycles. The Kier molecular flexibility index (Phi) is 3.93. The molecule has 2 rings (SSSR count). The summed E-state index contributed by atoms with van der Waals surface area (Å²) in [5, 5.41) is 12.8. The lowest BCUT2D eigenvalue weighted by molar-refractivity contribution is -0.300. The quantitative estimate of drug-likeness (QED) is 0.409. The molecule has 2 aromatic heterocycles. The van der Waals surface area contributed by atoms with Gasteiger partial charge in [0.1, 0.15) is 11.5 Å². The molecular formula is C12H12N5O5-. The third-order valence-electron chi connectivity index (χ3n) is 3.04. The maximum atomic E-state index is 12.2. The van der Waals surface area contributed by atoms with Crippen LogP contribution in [0.5, 0.6) is 0 Å². The van der Waals surface area contributed by atoms with Crippen molar-refractivity contribution >= 4 is 23.4 Å². The number of nitrogens with one attached hydrogen (secondary N) is 3. The van der Waals surface area contributed by atoms with Gasteiger partial charge in [-0.3, -0.25) is 30.3 Å². The second kappa shape index (κ2) is 5.68. The lowest BCUT2D eigenvalue weighted by Crippen LogP contribution is -2.49. The van der Waals surface area contributed by atoms with Gasteiger partial charge >= 0.3 is 0 Å². The van der Waals surface area contributed by atoms with Crippen molar-refractivity contribution in [1.29, 1.82) is 0 Å². The SMILES string of the molecule is CCc1c(C)nc2c(C(=O)NNC(=O)C(=O)[O-])c[nH]n2c1=O. The van der Waals surface area contributed by atoms with Crippen LogP contribution in [0.25, 0.3) is 5.65 Å². The molecule has 0 spiro atoms. The van der Waals surface area contributed by atoms with Crippen LogP contribution in [0.2, 0.25) is 0 Å². The second-order valence-corrected chi connectivity index (χ2v) is 4.38. The first-order valence-electron chi connectivity index (χ1n) is 6.28. The van der Waals surface area contributed by atoms with Crippen molar-refractivity contribution in [2.24, 2.45) is 0 Å². The third kappa shape index (κ3) is 2.53. The van der Waals surface area contributed by atoms with Crippen molar-refractivity contribution in [2.75, 3.05) is 0 Å². The Morgan fingerprint density at radius 3 is 2.64 bits per heavy atom. The highest BCUT2D eigenvalue weighted by atomic mass is 16.4. The van der Waals surface area contributed by atoms with Crippen molar-refractivity contribution < 1.29 is 19.5 Å². The summed E-state index contributed by atoms with van der Waals surface area (Å²) in [4.78, 5) is 49.3. The Labute approximate surface area is 123 Å². The van der Waals surface area contributed by atoms with E-state index in [1.807, 2.05) is 12.3 Å². The number of amides is 2. The average molecular weight is 306 g/mol. The van der Waals surface area contributed by atoms with Gasteiger partial charge in [0.25, 0.3) is 17.4 Å². The monoisotopic (exact) mass is 306 g/mol. The summed E-state index contributed by atoms with van der Waals surface area (Å²) in [6.07, 6.45) is 1.71. The Balaban J connectivity index is 2.37. The van der Waals surface area contributed by atoms with Crippen LogP contribution in [0.3, 0.4) is 0 Å². The molecular weight excluding hydrogens is 294 g/mol. The number of aryl methyl sites for hydroxylation is 1. The van der Waals surface area contributed by atoms with Gasteiger partial charge in [-0.25, -0.2) is 9.50 Å². The number of aliphatic carboxylic acids is 1. The minimum absolute atomic E-state index is 0.0264. The number of aromatic amines is 1. The van der Waals surface area contributed by atoms with Crippen molar-refractivity contribution in [1.82, 2.24) is 25.4 Å². The number of hydrogen-bond acceptors (Lipinski definition) is 6. The van der Waals surface area contributed by atoms with Gasteiger partial charge in [-0.15, -0.1) is 0 Å². The van der Waals surface area contributed by atoms with Gasteiger partial charge < -0.3 is 9.90 Å². The van der Waals surface area contributed by atoms with Gasteiger partial charge in [0.05, 0.1) is 0 Å². The first-order valence-corrected chi connectivity index (χ1v) is 6.28. The van der Waals surface area contributed by atoms with Gasteiger partial charge in [-0.1, -0.05) is 6.92 Å². The third-order valence-corrected chi connectivity index (χ3v) is 3.04. The molecule has 0 aromatic carbocycles. The molecule has 0 saturated heterocycles. The molecule has 10 nitrogen and oxygen atoms in total. The van der Waals surface area contributed by atoms with E-state index < -0.39 is 17.8 Å². The zero-order valence-corrected chi connectivity index (χ0v) is 11.7. The minimum Gasteiger partial charge on any atom is -0.540 e. The van der Waals surface area contributed by atoms with Crippen LogP contribution in [0.15, 0.2) is 11.0 Å². The Morgan fingerprint density at radius 2 is 2.05 bits per heavy atom. The highest BCUT2D eigenvalue weighted by Gasteiger charge is 2.17. The lowest BCUT2D eigenvalue weighted by atomic mass is 10.2. The average Bonchev–Trinajstić information content (AvgIpc) is 2.88. The van der Waals surface area contributed by atoms with E-state index in [1.54, 1.807) is 12.3 Å². The van der Waals surface area contributed by atoms with Gasteiger partial charge in [0, 0.05) is 17.5 Å². The number of hydrazine groups is 1. The summed E-state index contributed by atoms with van der Waals surface area (Å²) in [5.74, 6) is -4.32. The number of H-pyrrole nitrogens is 1. The van der Waals surface area contributed by atoms with E-state index in [0.717, 1.165) is 4.52 Å². The van der Waals surface area contributed by atoms with E-state index in [0.29, 0.717) is 17.7 Å². The summed E-state index contributed by atoms with van der Waals surface area (Å²) in [6, 6.07) is 0. The Morgan fingerprint density at radius 1 is 1.36 bits per heavy atom. The molecule has 0 aliphatic heterocycles. The number of hydrogen-bond donors (Lipinski definition) is 3. The summed E-state index contributed by atoms with van der Waals surface area (Å²) in [5.41, 5.74) is 4.26. The van der Waals surface area contributed by atoms with Crippen molar-refractivity contribution in [3.05, 3.63) is 33.4 Å². The first-order chi connectivity index (χ1) is 10.4. The molecule has 3 N–H and O–H groups in total. The Hall–Kier alpha value is -3.17. The molecule has 10 heteroatoms. The smallest absolute Gasteiger partial charge is 0.285 e. The topological polar surface area (TPSA) is 148 Å². The molecule has 0 radical (unpaired) electrons. The fourth-order valence-corrected chi connectivity index (χ4v) is 1.96. The molecule has 0 aliphatic carbocycles. The van der Waals surface area contributed by atoms with E-state index in [9.17, 15) is 24.3 Å². The van der Waals surface area contributed by atoms with Crippen LogP contribution in [0, 0.1) is 6.92 Å².